The number of aliphatic hydroxyl groups is 1. The van der Waals surface area contributed by atoms with Crippen LogP contribution in [0, 0.1) is 63.6 Å². The van der Waals surface area contributed by atoms with E-state index in [1.165, 1.54) is 68.1 Å². The summed E-state index contributed by atoms with van der Waals surface area (Å²) >= 11 is 0. The number of fused-ring (bicyclic) bond motifs is 7. The minimum Gasteiger partial charge on any atom is -0.478 e. The number of carboxylic acids is 1. The van der Waals surface area contributed by atoms with Crippen LogP contribution in [-0.2, 0) is 0 Å². The Morgan fingerprint density at radius 1 is 0.951 bits per heavy atom. The van der Waals surface area contributed by atoms with Gasteiger partial charge in [0.25, 0.3) is 0 Å². The molecule has 0 amide bonds. The molecule has 0 aliphatic heterocycles. The molecule has 4 fully saturated rings. The van der Waals surface area contributed by atoms with Crippen molar-refractivity contribution < 1.29 is 15.0 Å². The summed E-state index contributed by atoms with van der Waals surface area (Å²) in [6.07, 6.45) is 13.6. The molecule has 41 heavy (non-hydrogen) atoms. The SMILES string of the molecule is C=C(C)C1CCC2(CO)CCC3(C)C(CCC4C5(C)CC=C(c6ccc(C(=O)O)cc6C)C(C)(C)C5CCC43C)C12. The molecule has 224 valence electrons. The molecule has 2 N–H and O–H groups in total. The van der Waals surface area contributed by atoms with Gasteiger partial charge in [0.1, 0.15) is 0 Å². The van der Waals surface area contributed by atoms with Crippen molar-refractivity contribution in [1.29, 1.82) is 0 Å². The summed E-state index contributed by atoms with van der Waals surface area (Å²) < 4.78 is 0. The van der Waals surface area contributed by atoms with Crippen LogP contribution in [0.15, 0.2) is 36.4 Å². The van der Waals surface area contributed by atoms with Gasteiger partial charge in [-0.25, -0.2) is 4.79 Å². The molecule has 5 aliphatic carbocycles. The van der Waals surface area contributed by atoms with Gasteiger partial charge in [0.15, 0.2) is 0 Å². The van der Waals surface area contributed by atoms with Gasteiger partial charge in [-0.3, -0.25) is 0 Å². The summed E-state index contributed by atoms with van der Waals surface area (Å²) in [4.78, 5) is 11.6. The predicted molar refractivity (Wildman–Crippen MR) is 168 cm³/mol. The number of rotatable bonds is 4. The second kappa shape index (κ2) is 9.31. The molecule has 3 nitrogen and oxygen atoms in total. The van der Waals surface area contributed by atoms with E-state index in [-0.39, 0.29) is 16.2 Å². The molecule has 1 aromatic carbocycles. The molecule has 3 heteroatoms. The molecule has 5 aliphatic rings. The fourth-order valence-electron chi connectivity index (χ4n) is 12.7. The molecule has 9 atom stereocenters. The molecule has 6 rings (SSSR count). The van der Waals surface area contributed by atoms with Crippen LogP contribution in [0.1, 0.15) is 121 Å². The lowest BCUT2D eigenvalue weighted by molar-refractivity contribution is -0.228. The van der Waals surface area contributed by atoms with Gasteiger partial charge in [-0.1, -0.05) is 58.9 Å². The minimum atomic E-state index is -0.856. The second-order valence-electron chi connectivity index (χ2n) is 16.6. The first-order chi connectivity index (χ1) is 19.2. The summed E-state index contributed by atoms with van der Waals surface area (Å²) in [5.41, 5.74) is 6.40. The first-order valence-corrected chi connectivity index (χ1v) is 16.5. The first kappa shape index (κ1) is 29.2. The van der Waals surface area contributed by atoms with Gasteiger partial charge in [-0.05, 0) is 157 Å². The Hall–Kier alpha value is -1.87. The highest BCUT2D eigenvalue weighted by atomic mass is 16.4. The minimum absolute atomic E-state index is 0.0245. The van der Waals surface area contributed by atoms with E-state index in [0.717, 1.165) is 12.0 Å². The number of benzene rings is 1. The maximum atomic E-state index is 11.6. The highest BCUT2D eigenvalue weighted by molar-refractivity contribution is 5.89. The van der Waals surface area contributed by atoms with Gasteiger partial charge in [-0.15, -0.1) is 0 Å². The monoisotopic (exact) mass is 558 g/mol. The molecule has 0 bridgehead atoms. The van der Waals surface area contributed by atoms with E-state index in [0.29, 0.717) is 52.6 Å². The molecule has 0 spiro atoms. The summed E-state index contributed by atoms with van der Waals surface area (Å²) in [5, 5.41) is 20.3. The van der Waals surface area contributed by atoms with Crippen molar-refractivity contribution in [3.63, 3.8) is 0 Å². The van der Waals surface area contributed by atoms with E-state index in [2.05, 4.69) is 67.2 Å². The molecule has 0 radical (unpaired) electrons. The molecule has 0 saturated heterocycles. The Balaban J connectivity index is 1.37. The van der Waals surface area contributed by atoms with Crippen molar-refractivity contribution in [2.45, 2.75) is 106 Å². The van der Waals surface area contributed by atoms with Crippen molar-refractivity contribution in [2.24, 2.45) is 56.7 Å². The zero-order valence-corrected chi connectivity index (χ0v) is 26.8. The van der Waals surface area contributed by atoms with Gasteiger partial charge in [0.2, 0.25) is 0 Å². The quantitative estimate of drug-likeness (QED) is 0.362. The van der Waals surface area contributed by atoms with Crippen molar-refractivity contribution in [2.75, 3.05) is 6.61 Å². The molecule has 0 heterocycles. The molecule has 0 aromatic heterocycles. The van der Waals surface area contributed by atoms with Crippen LogP contribution < -0.4 is 0 Å². The van der Waals surface area contributed by atoms with E-state index >= 15 is 0 Å². The first-order valence-electron chi connectivity index (χ1n) is 16.5. The van der Waals surface area contributed by atoms with E-state index in [1.54, 1.807) is 6.07 Å². The average molecular weight is 559 g/mol. The van der Waals surface area contributed by atoms with Crippen molar-refractivity contribution >= 4 is 11.5 Å². The third kappa shape index (κ3) is 3.76. The summed E-state index contributed by atoms with van der Waals surface area (Å²) in [5.74, 6) is 2.25. The highest BCUT2D eigenvalue weighted by Gasteiger charge is 2.70. The van der Waals surface area contributed by atoms with E-state index in [4.69, 9.17) is 0 Å². The van der Waals surface area contributed by atoms with Crippen LogP contribution in [0.4, 0.5) is 0 Å². The maximum Gasteiger partial charge on any atom is 0.335 e. The fourth-order valence-corrected chi connectivity index (χ4v) is 12.7. The number of aliphatic hydroxyl groups excluding tert-OH is 1. The molecule has 4 saturated carbocycles. The van der Waals surface area contributed by atoms with Crippen molar-refractivity contribution in [1.82, 2.24) is 0 Å². The van der Waals surface area contributed by atoms with Crippen LogP contribution in [-0.4, -0.2) is 22.8 Å². The number of allylic oxidation sites excluding steroid dienone is 3. The summed E-state index contributed by atoms with van der Waals surface area (Å²) in [6, 6.07) is 5.69. The van der Waals surface area contributed by atoms with Crippen LogP contribution in [0.2, 0.25) is 0 Å². The van der Waals surface area contributed by atoms with Gasteiger partial charge in [-0.2, -0.15) is 0 Å². The lowest BCUT2D eigenvalue weighted by Crippen LogP contribution is -2.65. The van der Waals surface area contributed by atoms with Crippen molar-refractivity contribution in [3.8, 4) is 0 Å². The number of aromatic carboxylic acids is 1. The Morgan fingerprint density at radius 3 is 2.32 bits per heavy atom. The largest absolute Gasteiger partial charge is 0.478 e. The average Bonchev–Trinajstić information content (AvgIpc) is 3.30. The fraction of sp³-hybridized carbons (Fsp3) is 0.711. The van der Waals surface area contributed by atoms with Gasteiger partial charge < -0.3 is 10.2 Å². The molecule has 1 aromatic rings. The van der Waals surface area contributed by atoms with E-state index < -0.39 is 5.97 Å². The lowest BCUT2D eigenvalue weighted by Gasteiger charge is -2.72. The van der Waals surface area contributed by atoms with Crippen molar-refractivity contribution in [3.05, 3.63) is 53.1 Å². The Bertz CT molecular complexity index is 1300. The van der Waals surface area contributed by atoms with Gasteiger partial charge in [0, 0.05) is 6.61 Å². The zero-order chi connectivity index (χ0) is 29.8. The van der Waals surface area contributed by atoms with Crippen LogP contribution >= 0.6 is 0 Å². The Morgan fingerprint density at radius 2 is 1.68 bits per heavy atom. The highest BCUT2D eigenvalue weighted by Crippen LogP contribution is 2.77. The third-order valence-corrected chi connectivity index (χ3v) is 14.9. The number of carboxylic acid groups (broad SMARTS) is 1. The predicted octanol–water partition coefficient (Wildman–Crippen LogP) is 9.34. The third-order valence-electron chi connectivity index (χ3n) is 14.9. The standard InChI is InChI=1S/C38H54O3/c1-23(2)26-13-18-38(22-39)20-19-36(7)29(32(26)38)11-12-31-35(6)16-14-28(27-10-9-25(33(40)41)21-24(27)3)34(4,5)30(35)15-17-37(31,36)8/h9-10,14,21,26,29-32,39H,1,11-13,15-20,22H2,2-8H3,(H,40,41). The van der Waals surface area contributed by atoms with Gasteiger partial charge >= 0.3 is 5.97 Å². The van der Waals surface area contributed by atoms with Crippen LogP contribution in [0.3, 0.4) is 0 Å². The van der Waals surface area contributed by atoms with Gasteiger partial charge in [0.05, 0.1) is 5.56 Å². The maximum absolute atomic E-state index is 11.6. The molecule has 9 unspecified atom stereocenters. The lowest BCUT2D eigenvalue weighted by atomic mass is 9.32. The number of hydrogen-bond acceptors (Lipinski definition) is 2. The summed E-state index contributed by atoms with van der Waals surface area (Å²) in [6.45, 7) is 22.1. The molecular formula is C38H54O3. The number of hydrogen-bond donors (Lipinski definition) is 2. The number of aryl methyl sites for hydroxylation is 1. The van der Waals surface area contributed by atoms with Crippen LogP contribution in [0.5, 0.6) is 0 Å². The normalized spacial score (nSPS) is 44.6. The topological polar surface area (TPSA) is 57.5 Å². The second-order valence-corrected chi connectivity index (χ2v) is 16.6. The number of carbonyl (C=O) groups is 1. The molecular weight excluding hydrogens is 504 g/mol. The summed E-state index contributed by atoms with van der Waals surface area (Å²) in [7, 11) is 0. The Labute approximate surface area is 248 Å². The van der Waals surface area contributed by atoms with E-state index in [1.807, 2.05) is 6.07 Å². The van der Waals surface area contributed by atoms with Crippen LogP contribution in [0.25, 0.3) is 5.57 Å². The zero-order valence-electron chi connectivity index (χ0n) is 26.8. The Kier molecular flexibility index (Phi) is 6.64. The smallest absolute Gasteiger partial charge is 0.335 e. The van der Waals surface area contributed by atoms with E-state index in [9.17, 15) is 15.0 Å².